The average Bonchev–Trinajstić information content (AvgIpc) is 3.35. The lowest BCUT2D eigenvalue weighted by molar-refractivity contribution is -0.118. The highest BCUT2D eigenvalue weighted by Crippen LogP contribution is 2.15. The van der Waals surface area contributed by atoms with Crippen LogP contribution in [-0.2, 0) is 9.59 Å². The van der Waals surface area contributed by atoms with Gasteiger partial charge in [0.2, 0.25) is 5.91 Å². The van der Waals surface area contributed by atoms with Gasteiger partial charge >= 0.3 is 0 Å². The van der Waals surface area contributed by atoms with Crippen molar-refractivity contribution in [2.45, 2.75) is 0 Å². The molecule has 2 N–H and O–H groups in total. The smallest absolute Gasteiger partial charge is 0.273 e. The highest BCUT2D eigenvalue weighted by molar-refractivity contribution is 7.13. The zero-order chi connectivity index (χ0) is 19.1. The van der Waals surface area contributed by atoms with Crippen LogP contribution in [-0.4, -0.2) is 16.8 Å². The van der Waals surface area contributed by atoms with Gasteiger partial charge in [-0.15, -0.1) is 11.3 Å². The number of rotatable bonds is 6. The predicted molar refractivity (Wildman–Crippen MR) is 106 cm³/mol. The van der Waals surface area contributed by atoms with E-state index in [4.69, 9.17) is 16.0 Å². The molecule has 0 aliphatic carbocycles. The second kappa shape index (κ2) is 8.98. The third kappa shape index (κ3) is 5.67. The topological polar surface area (TPSA) is 84.2 Å². The van der Waals surface area contributed by atoms with E-state index in [0.717, 1.165) is 0 Å². The molecule has 0 aliphatic heterocycles. The molecule has 0 radical (unpaired) electrons. The predicted octanol–water partition coefficient (Wildman–Crippen LogP) is 4.20. The van der Waals surface area contributed by atoms with Gasteiger partial charge in [0, 0.05) is 22.7 Å². The van der Waals surface area contributed by atoms with Gasteiger partial charge in [0.25, 0.3) is 5.91 Å². The number of amides is 2. The Hall–Kier alpha value is -3.16. The van der Waals surface area contributed by atoms with E-state index in [2.05, 4.69) is 15.6 Å². The number of nitrogens with one attached hydrogen (secondary N) is 2. The molecular weight excluding hydrogens is 386 g/mol. The number of thiazole rings is 1. The molecule has 0 fully saturated rings. The van der Waals surface area contributed by atoms with Gasteiger partial charge in [-0.3, -0.25) is 14.9 Å². The lowest BCUT2D eigenvalue weighted by Crippen LogP contribution is -2.29. The molecule has 0 saturated carbocycles. The monoisotopic (exact) mass is 399 g/mol. The fourth-order valence-corrected chi connectivity index (χ4v) is 2.70. The standard InChI is InChI=1S/C19H14ClN3O3S/c20-14-5-3-13(4-6-14)12-16(18(25)23-19-21-9-11-27-19)22-17(24)8-7-15-2-1-10-26-15/h1-12H,(H,22,24)(H,21,23,25)/b8-7+,16-12-. The Kier molecular flexibility index (Phi) is 6.19. The fourth-order valence-electron chi connectivity index (χ4n) is 2.05. The maximum absolute atomic E-state index is 12.6. The van der Waals surface area contributed by atoms with E-state index in [1.807, 2.05) is 0 Å². The molecule has 136 valence electrons. The van der Waals surface area contributed by atoms with Crippen LogP contribution in [0.5, 0.6) is 0 Å². The summed E-state index contributed by atoms with van der Waals surface area (Å²) >= 11 is 7.16. The third-order valence-corrected chi connectivity index (χ3v) is 4.22. The summed E-state index contributed by atoms with van der Waals surface area (Å²) in [6.07, 6.45) is 7.43. The number of halogens is 1. The summed E-state index contributed by atoms with van der Waals surface area (Å²) in [7, 11) is 0. The quantitative estimate of drug-likeness (QED) is 0.608. The molecule has 3 aromatic rings. The highest BCUT2D eigenvalue weighted by Gasteiger charge is 2.13. The molecule has 2 aromatic heterocycles. The number of aromatic nitrogens is 1. The van der Waals surface area contributed by atoms with E-state index in [-0.39, 0.29) is 5.70 Å². The molecule has 2 amide bonds. The van der Waals surface area contributed by atoms with Crippen molar-refractivity contribution in [3.8, 4) is 0 Å². The SMILES string of the molecule is O=C(/C=C/c1ccco1)N/C(=C\c1ccc(Cl)cc1)C(=O)Nc1nccs1. The van der Waals surface area contributed by atoms with Crippen LogP contribution in [0, 0.1) is 0 Å². The zero-order valence-corrected chi connectivity index (χ0v) is 15.5. The molecule has 6 nitrogen and oxygen atoms in total. The van der Waals surface area contributed by atoms with Gasteiger partial charge in [-0.1, -0.05) is 23.7 Å². The van der Waals surface area contributed by atoms with Crippen molar-refractivity contribution < 1.29 is 14.0 Å². The number of carbonyl (C=O) groups excluding carboxylic acids is 2. The van der Waals surface area contributed by atoms with Crippen molar-refractivity contribution in [2.75, 3.05) is 5.32 Å². The normalized spacial score (nSPS) is 11.5. The van der Waals surface area contributed by atoms with E-state index in [1.54, 1.807) is 54.1 Å². The first-order valence-corrected chi connectivity index (χ1v) is 9.06. The Bertz CT molecular complexity index is 962. The average molecular weight is 400 g/mol. The Morgan fingerprint density at radius 2 is 2.00 bits per heavy atom. The van der Waals surface area contributed by atoms with Gasteiger partial charge in [-0.05, 0) is 42.0 Å². The number of benzene rings is 1. The summed E-state index contributed by atoms with van der Waals surface area (Å²) in [4.78, 5) is 28.8. The van der Waals surface area contributed by atoms with Crippen LogP contribution in [0.15, 0.2) is 70.4 Å². The molecule has 0 unspecified atom stereocenters. The van der Waals surface area contributed by atoms with Gasteiger partial charge in [-0.2, -0.15) is 0 Å². The van der Waals surface area contributed by atoms with E-state index < -0.39 is 11.8 Å². The van der Waals surface area contributed by atoms with Crippen LogP contribution in [0.4, 0.5) is 5.13 Å². The number of hydrogen-bond donors (Lipinski definition) is 2. The molecule has 1 aromatic carbocycles. The maximum Gasteiger partial charge on any atom is 0.273 e. The molecule has 0 saturated heterocycles. The van der Waals surface area contributed by atoms with Crippen molar-refractivity contribution in [1.29, 1.82) is 0 Å². The molecule has 27 heavy (non-hydrogen) atoms. The van der Waals surface area contributed by atoms with Crippen LogP contribution in [0.25, 0.3) is 12.2 Å². The van der Waals surface area contributed by atoms with Gasteiger partial charge in [0.1, 0.15) is 11.5 Å². The number of hydrogen-bond acceptors (Lipinski definition) is 5. The molecule has 0 aliphatic rings. The van der Waals surface area contributed by atoms with Crippen molar-refractivity contribution in [2.24, 2.45) is 0 Å². The second-order valence-corrected chi connectivity index (χ2v) is 6.57. The van der Waals surface area contributed by atoms with Crippen molar-refractivity contribution in [1.82, 2.24) is 10.3 Å². The van der Waals surface area contributed by atoms with Crippen LogP contribution < -0.4 is 10.6 Å². The van der Waals surface area contributed by atoms with Crippen LogP contribution >= 0.6 is 22.9 Å². The van der Waals surface area contributed by atoms with E-state index in [0.29, 0.717) is 21.5 Å². The minimum atomic E-state index is -0.486. The number of nitrogens with zero attached hydrogens (tertiary/aromatic N) is 1. The summed E-state index contributed by atoms with van der Waals surface area (Å²) in [5.41, 5.74) is 0.778. The molecule has 3 rings (SSSR count). The summed E-state index contributed by atoms with van der Waals surface area (Å²) in [5, 5.41) is 7.97. The van der Waals surface area contributed by atoms with E-state index in [1.165, 1.54) is 29.8 Å². The summed E-state index contributed by atoms with van der Waals surface area (Å²) in [6, 6.07) is 10.3. The first kappa shape index (κ1) is 18.6. The molecule has 8 heteroatoms. The summed E-state index contributed by atoms with van der Waals surface area (Å²) in [6.45, 7) is 0. The van der Waals surface area contributed by atoms with Crippen molar-refractivity contribution in [3.05, 3.63) is 82.4 Å². The van der Waals surface area contributed by atoms with Crippen molar-refractivity contribution >= 4 is 52.0 Å². The third-order valence-electron chi connectivity index (χ3n) is 3.28. The first-order chi connectivity index (χ1) is 13.1. The Morgan fingerprint density at radius 1 is 1.19 bits per heavy atom. The Balaban J connectivity index is 1.78. The van der Waals surface area contributed by atoms with E-state index in [9.17, 15) is 9.59 Å². The minimum Gasteiger partial charge on any atom is -0.465 e. The van der Waals surface area contributed by atoms with Crippen LogP contribution in [0.2, 0.25) is 5.02 Å². The minimum absolute atomic E-state index is 0.0709. The number of anilines is 1. The summed E-state index contributed by atoms with van der Waals surface area (Å²) < 4.78 is 5.13. The Labute approximate surface area is 164 Å². The summed E-state index contributed by atoms with van der Waals surface area (Å²) in [5.74, 6) is -0.429. The maximum atomic E-state index is 12.6. The molecular formula is C19H14ClN3O3S. The second-order valence-electron chi connectivity index (χ2n) is 5.24. The molecule has 2 heterocycles. The fraction of sp³-hybridized carbons (Fsp3) is 0. The van der Waals surface area contributed by atoms with Crippen molar-refractivity contribution in [3.63, 3.8) is 0 Å². The van der Waals surface area contributed by atoms with Crippen LogP contribution in [0.1, 0.15) is 11.3 Å². The highest BCUT2D eigenvalue weighted by atomic mass is 35.5. The van der Waals surface area contributed by atoms with Gasteiger partial charge in [-0.25, -0.2) is 4.98 Å². The zero-order valence-electron chi connectivity index (χ0n) is 13.9. The van der Waals surface area contributed by atoms with E-state index >= 15 is 0 Å². The Morgan fingerprint density at radius 3 is 2.67 bits per heavy atom. The van der Waals surface area contributed by atoms with Gasteiger partial charge in [0.15, 0.2) is 5.13 Å². The lowest BCUT2D eigenvalue weighted by Gasteiger charge is -2.08. The van der Waals surface area contributed by atoms with Crippen LogP contribution in [0.3, 0.4) is 0 Å². The first-order valence-electron chi connectivity index (χ1n) is 7.81. The van der Waals surface area contributed by atoms with Gasteiger partial charge < -0.3 is 9.73 Å². The molecule has 0 spiro atoms. The van der Waals surface area contributed by atoms with Gasteiger partial charge in [0.05, 0.1) is 6.26 Å². The number of carbonyl (C=O) groups is 2. The lowest BCUT2D eigenvalue weighted by atomic mass is 10.2. The number of furan rings is 1. The largest absolute Gasteiger partial charge is 0.465 e. The molecule has 0 bridgehead atoms. The molecule has 0 atom stereocenters.